The van der Waals surface area contributed by atoms with Crippen LogP contribution in [0.1, 0.15) is 0 Å². The van der Waals surface area contributed by atoms with Crippen molar-refractivity contribution in [3.63, 3.8) is 0 Å². The molecule has 10 nitrogen and oxygen atoms in total. The molecule has 0 aromatic carbocycles. The lowest BCUT2D eigenvalue weighted by Crippen LogP contribution is -2.62. The topological polar surface area (TPSA) is 178 Å². The van der Waals surface area contributed by atoms with E-state index < -0.39 is 36.5 Å². The fourth-order valence-electron chi connectivity index (χ4n) is 1.60. The molecule has 6 atom stereocenters. The van der Waals surface area contributed by atoms with Crippen molar-refractivity contribution < 1.29 is 20.4 Å². The highest BCUT2D eigenvalue weighted by Crippen LogP contribution is 2.26. The van der Waals surface area contributed by atoms with E-state index in [4.69, 9.17) is 11.1 Å². The Labute approximate surface area is 89.0 Å². The summed E-state index contributed by atoms with van der Waals surface area (Å²) < 4.78 is 0. The Balaban J connectivity index is 3.02. The van der Waals surface area contributed by atoms with E-state index in [1.165, 1.54) is 0 Å². The minimum absolute atomic E-state index is 1.39. The van der Waals surface area contributed by atoms with Crippen molar-refractivity contribution in [1.29, 1.82) is 0 Å². The number of nitrogens with zero attached hydrogens (tertiary/aromatic N) is 6. The van der Waals surface area contributed by atoms with Crippen molar-refractivity contribution in [2.45, 2.75) is 36.5 Å². The Morgan fingerprint density at radius 2 is 0.938 bits per heavy atom. The smallest absolute Gasteiger partial charge is 0.0943 e. The SMILES string of the molecule is [N-]=[N+]=NC1[C@@H](O)[C@@H](O)C(N=[N+]=[N-])[C@H](O)[C@H]1O. The predicted octanol–water partition coefficient (Wildman–Crippen LogP) is -1.20. The molecule has 1 fully saturated rings. The summed E-state index contributed by atoms with van der Waals surface area (Å²) in [7, 11) is 0. The van der Waals surface area contributed by atoms with Crippen molar-refractivity contribution in [3.8, 4) is 0 Å². The van der Waals surface area contributed by atoms with Gasteiger partial charge in [0.15, 0.2) is 0 Å². The minimum atomic E-state index is -1.61. The Kier molecular flexibility index (Phi) is 3.91. The van der Waals surface area contributed by atoms with Crippen LogP contribution in [0.4, 0.5) is 0 Å². The summed E-state index contributed by atoms with van der Waals surface area (Å²) >= 11 is 0. The van der Waals surface area contributed by atoms with Crippen molar-refractivity contribution >= 4 is 0 Å². The van der Waals surface area contributed by atoms with Crippen LogP contribution in [0.2, 0.25) is 0 Å². The largest absolute Gasteiger partial charge is 0.390 e. The maximum atomic E-state index is 9.48. The molecule has 88 valence electrons. The molecule has 0 bridgehead atoms. The van der Waals surface area contributed by atoms with Gasteiger partial charge < -0.3 is 20.4 Å². The third kappa shape index (κ3) is 2.02. The fourth-order valence-corrected chi connectivity index (χ4v) is 1.60. The molecule has 4 N–H and O–H groups in total. The minimum Gasteiger partial charge on any atom is -0.390 e. The standard InChI is InChI=1S/C6H10N6O4/c7-11-9-1-3(13)5(15)2(10-12-8)6(16)4(1)14/h1-6,13-16H/t1?,2?,3-,4-,5-,6+/m0/s1. The van der Waals surface area contributed by atoms with Crippen LogP contribution in [0.25, 0.3) is 20.9 Å². The van der Waals surface area contributed by atoms with Gasteiger partial charge in [-0.1, -0.05) is 10.2 Å². The molecule has 0 aromatic rings. The monoisotopic (exact) mass is 230 g/mol. The zero-order valence-electron chi connectivity index (χ0n) is 7.94. The van der Waals surface area contributed by atoms with E-state index in [1.54, 1.807) is 0 Å². The van der Waals surface area contributed by atoms with Gasteiger partial charge in [-0.05, 0) is 11.1 Å². The van der Waals surface area contributed by atoms with Crippen molar-refractivity contribution in [2.24, 2.45) is 10.2 Å². The molecule has 1 saturated carbocycles. The number of aliphatic hydroxyl groups excluding tert-OH is 4. The molecule has 0 spiro atoms. The van der Waals surface area contributed by atoms with Gasteiger partial charge in [0.2, 0.25) is 0 Å². The van der Waals surface area contributed by atoms with E-state index in [2.05, 4.69) is 20.1 Å². The van der Waals surface area contributed by atoms with Crippen LogP contribution in [-0.4, -0.2) is 56.9 Å². The first kappa shape index (κ1) is 12.5. The van der Waals surface area contributed by atoms with Crippen LogP contribution in [0.15, 0.2) is 10.2 Å². The maximum Gasteiger partial charge on any atom is 0.0943 e. The van der Waals surface area contributed by atoms with E-state index in [0.717, 1.165) is 0 Å². The maximum absolute atomic E-state index is 9.48. The first-order valence-corrected chi connectivity index (χ1v) is 4.35. The number of azide groups is 2. The molecule has 1 aliphatic rings. The highest BCUT2D eigenvalue weighted by Gasteiger charge is 2.48. The van der Waals surface area contributed by atoms with Gasteiger partial charge in [0.25, 0.3) is 0 Å². The average molecular weight is 230 g/mol. The summed E-state index contributed by atoms with van der Waals surface area (Å²) in [4.78, 5) is 4.76. The van der Waals surface area contributed by atoms with Crippen LogP contribution in [0.5, 0.6) is 0 Å². The van der Waals surface area contributed by atoms with Crippen molar-refractivity contribution in [1.82, 2.24) is 0 Å². The highest BCUT2D eigenvalue weighted by atomic mass is 16.4. The average Bonchev–Trinajstić information content (AvgIpc) is 2.28. The van der Waals surface area contributed by atoms with Crippen molar-refractivity contribution in [2.75, 3.05) is 0 Å². The number of hydrogen-bond acceptors (Lipinski definition) is 6. The quantitative estimate of drug-likeness (QED) is 0.264. The van der Waals surface area contributed by atoms with E-state index in [1.807, 2.05) is 0 Å². The molecule has 1 rings (SSSR count). The number of hydrogen-bond donors (Lipinski definition) is 4. The Morgan fingerprint density at radius 1 is 0.688 bits per heavy atom. The van der Waals surface area contributed by atoms with Crippen LogP contribution < -0.4 is 0 Å². The van der Waals surface area contributed by atoms with Gasteiger partial charge in [0.05, 0.1) is 36.5 Å². The van der Waals surface area contributed by atoms with Gasteiger partial charge >= 0.3 is 0 Å². The van der Waals surface area contributed by atoms with Gasteiger partial charge in [-0.15, -0.1) is 0 Å². The number of aliphatic hydroxyl groups is 4. The molecule has 0 amide bonds. The molecule has 0 aromatic heterocycles. The lowest BCUT2D eigenvalue weighted by molar-refractivity contribution is -0.131. The Bertz CT molecular complexity index is 301. The predicted molar refractivity (Wildman–Crippen MR) is 49.9 cm³/mol. The van der Waals surface area contributed by atoms with Gasteiger partial charge in [-0.2, -0.15) is 0 Å². The van der Waals surface area contributed by atoms with Crippen LogP contribution >= 0.6 is 0 Å². The van der Waals surface area contributed by atoms with Gasteiger partial charge in [-0.25, -0.2) is 0 Å². The number of rotatable bonds is 2. The second-order valence-corrected chi connectivity index (χ2v) is 3.35. The lowest BCUT2D eigenvalue weighted by Gasteiger charge is -2.40. The molecule has 0 heterocycles. The molecular formula is C6H10N6O4. The van der Waals surface area contributed by atoms with E-state index in [0.29, 0.717) is 0 Å². The highest BCUT2D eigenvalue weighted by molar-refractivity contribution is 5.05. The third-order valence-electron chi connectivity index (χ3n) is 2.47. The first-order chi connectivity index (χ1) is 7.54. The Morgan fingerprint density at radius 3 is 1.12 bits per heavy atom. The van der Waals surface area contributed by atoms with Crippen molar-refractivity contribution in [3.05, 3.63) is 20.9 Å². The van der Waals surface area contributed by atoms with Crippen LogP contribution in [0, 0.1) is 0 Å². The normalized spacial score (nSPS) is 43.0. The summed E-state index contributed by atoms with van der Waals surface area (Å²) in [5, 5.41) is 44.1. The van der Waals surface area contributed by atoms with Crippen LogP contribution in [0.3, 0.4) is 0 Å². The summed E-state index contributed by atoms with van der Waals surface area (Å²) in [6.07, 6.45) is -6.43. The van der Waals surface area contributed by atoms with Gasteiger partial charge in [0.1, 0.15) is 0 Å². The summed E-state index contributed by atoms with van der Waals surface area (Å²) in [5.41, 5.74) is 16.4. The zero-order valence-corrected chi connectivity index (χ0v) is 7.94. The van der Waals surface area contributed by atoms with E-state index in [-0.39, 0.29) is 0 Å². The molecule has 16 heavy (non-hydrogen) atoms. The third-order valence-corrected chi connectivity index (χ3v) is 2.47. The lowest BCUT2D eigenvalue weighted by atomic mass is 9.82. The molecule has 10 heteroatoms. The summed E-state index contributed by atoms with van der Waals surface area (Å²) in [5.74, 6) is 0. The molecule has 0 aliphatic heterocycles. The molecule has 0 radical (unpaired) electrons. The molecular weight excluding hydrogens is 220 g/mol. The molecule has 2 unspecified atom stereocenters. The van der Waals surface area contributed by atoms with Gasteiger partial charge in [-0.3, -0.25) is 0 Å². The Hall–Kier alpha value is -1.54. The second kappa shape index (κ2) is 4.99. The zero-order chi connectivity index (χ0) is 12.3. The van der Waals surface area contributed by atoms with E-state index in [9.17, 15) is 20.4 Å². The summed E-state index contributed by atoms with van der Waals surface area (Å²) in [6.45, 7) is 0. The second-order valence-electron chi connectivity index (χ2n) is 3.35. The fraction of sp³-hybridized carbons (Fsp3) is 1.00. The first-order valence-electron chi connectivity index (χ1n) is 4.35. The molecule has 1 aliphatic carbocycles. The summed E-state index contributed by atoms with van der Waals surface area (Å²) in [6, 6.07) is -2.78. The van der Waals surface area contributed by atoms with Gasteiger partial charge in [0, 0.05) is 9.82 Å². The molecule has 0 saturated heterocycles. The van der Waals surface area contributed by atoms with Crippen LogP contribution in [-0.2, 0) is 0 Å². The van der Waals surface area contributed by atoms with E-state index >= 15 is 0 Å².